The molecule has 0 aromatic rings. The number of carbonyl (C=O) groups is 1. The van der Waals surface area contributed by atoms with Gasteiger partial charge in [0.15, 0.2) is 0 Å². The van der Waals surface area contributed by atoms with Gasteiger partial charge in [-0.3, -0.25) is 10.1 Å². The Labute approximate surface area is 73.5 Å². The van der Waals surface area contributed by atoms with Crippen LogP contribution in [0.4, 0.5) is 0 Å². The average Bonchev–Trinajstić information content (AvgIpc) is 2.36. The van der Waals surface area contributed by atoms with Crippen molar-refractivity contribution in [3.63, 3.8) is 0 Å². The third kappa shape index (κ3) is 2.81. The Morgan fingerprint density at radius 1 is 1.67 bits per heavy atom. The van der Waals surface area contributed by atoms with E-state index >= 15 is 0 Å². The molecule has 0 bridgehead atoms. The Morgan fingerprint density at radius 3 is 2.92 bits per heavy atom. The third-order valence-electron chi connectivity index (χ3n) is 1.86. The Morgan fingerprint density at radius 2 is 2.42 bits per heavy atom. The molecule has 0 aromatic carbocycles. The highest BCUT2D eigenvalue weighted by Crippen LogP contribution is 2.11. The van der Waals surface area contributed by atoms with Crippen LogP contribution in [-0.4, -0.2) is 25.7 Å². The first-order valence-corrected chi connectivity index (χ1v) is 4.49. The van der Waals surface area contributed by atoms with Gasteiger partial charge in [-0.2, -0.15) is 0 Å². The van der Waals surface area contributed by atoms with E-state index in [0.717, 1.165) is 13.0 Å². The first-order valence-electron chi connectivity index (χ1n) is 4.49. The van der Waals surface area contributed by atoms with Gasteiger partial charge in [-0.25, -0.2) is 0 Å². The standard InChI is InChI=1S/C9H16NO2/c1-7(2)5-12-6-8-3-4-10-9(8)11/h7-8H,3-6H2,1-2H3. The summed E-state index contributed by atoms with van der Waals surface area (Å²) in [5, 5.41) is 3.80. The number of carbonyl (C=O) groups excluding carboxylic acids is 1. The molecule has 1 aliphatic heterocycles. The van der Waals surface area contributed by atoms with Crippen molar-refractivity contribution in [1.82, 2.24) is 5.32 Å². The van der Waals surface area contributed by atoms with Crippen LogP contribution in [0.15, 0.2) is 0 Å². The van der Waals surface area contributed by atoms with Crippen LogP contribution < -0.4 is 5.32 Å². The molecule has 3 nitrogen and oxygen atoms in total. The zero-order valence-electron chi connectivity index (χ0n) is 7.75. The molecule has 3 heteroatoms. The van der Waals surface area contributed by atoms with Crippen molar-refractivity contribution in [3.8, 4) is 0 Å². The molecule has 69 valence electrons. The zero-order chi connectivity index (χ0) is 8.97. The molecular formula is C9H16NO2. The van der Waals surface area contributed by atoms with Gasteiger partial charge >= 0.3 is 0 Å². The molecule has 1 aliphatic rings. The average molecular weight is 170 g/mol. The summed E-state index contributed by atoms with van der Waals surface area (Å²) in [6.45, 7) is 6.18. The van der Waals surface area contributed by atoms with Crippen LogP contribution in [0.25, 0.3) is 0 Å². The molecule has 0 aliphatic carbocycles. The lowest BCUT2D eigenvalue weighted by Crippen LogP contribution is -2.19. The lowest BCUT2D eigenvalue weighted by atomic mass is 10.1. The molecule has 12 heavy (non-hydrogen) atoms. The van der Waals surface area contributed by atoms with E-state index in [2.05, 4.69) is 19.2 Å². The first kappa shape index (κ1) is 9.52. The fraction of sp³-hybridized carbons (Fsp3) is 0.889. The Balaban J connectivity index is 2.10. The van der Waals surface area contributed by atoms with Crippen molar-refractivity contribution < 1.29 is 9.53 Å². The van der Waals surface area contributed by atoms with Crippen LogP contribution in [0.1, 0.15) is 20.3 Å². The number of hydrogen-bond acceptors (Lipinski definition) is 2. The minimum atomic E-state index is 0.0266. The SMILES string of the molecule is CC(C)COCC1CC[N]C1=O. The van der Waals surface area contributed by atoms with E-state index in [9.17, 15) is 4.79 Å². The van der Waals surface area contributed by atoms with Gasteiger partial charge in [0, 0.05) is 13.2 Å². The molecule has 1 heterocycles. The van der Waals surface area contributed by atoms with Crippen molar-refractivity contribution in [2.75, 3.05) is 19.8 Å². The summed E-state index contributed by atoms with van der Waals surface area (Å²) < 4.78 is 5.37. The normalized spacial score (nSPS) is 23.2. The van der Waals surface area contributed by atoms with E-state index in [4.69, 9.17) is 4.74 Å². The van der Waals surface area contributed by atoms with Crippen molar-refractivity contribution >= 4 is 5.91 Å². The summed E-state index contributed by atoms with van der Waals surface area (Å²) in [5.41, 5.74) is 0. The Bertz CT molecular complexity index is 157. The molecular weight excluding hydrogens is 154 g/mol. The molecule has 1 fully saturated rings. The van der Waals surface area contributed by atoms with Crippen molar-refractivity contribution in [2.45, 2.75) is 20.3 Å². The molecule has 0 saturated carbocycles. The monoisotopic (exact) mass is 170 g/mol. The molecule has 1 unspecified atom stereocenters. The number of hydrogen-bond donors (Lipinski definition) is 0. The van der Waals surface area contributed by atoms with Crippen LogP contribution in [-0.2, 0) is 9.53 Å². The van der Waals surface area contributed by atoms with Crippen LogP contribution in [0, 0.1) is 11.8 Å². The largest absolute Gasteiger partial charge is 0.380 e. The minimum Gasteiger partial charge on any atom is -0.380 e. The van der Waals surface area contributed by atoms with Crippen LogP contribution in [0.2, 0.25) is 0 Å². The van der Waals surface area contributed by atoms with E-state index in [-0.39, 0.29) is 11.8 Å². The highest BCUT2D eigenvalue weighted by molar-refractivity contribution is 5.80. The van der Waals surface area contributed by atoms with E-state index in [1.54, 1.807) is 0 Å². The number of nitrogens with zero attached hydrogens (tertiary/aromatic N) is 1. The van der Waals surface area contributed by atoms with Crippen molar-refractivity contribution in [3.05, 3.63) is 0 Å². The highest BCUT2D eigenvalue weighted by atomic mass is 16.5. The second-order valence-electron chi connectivity index (χ2n) is 3.64. The lowest BCUT2D eigenvalue weighted by Gasteiger charge is -2.09. The smallest absolute Gasteiger partial charge is 0.246 e. The summed E-state index contributed by atoms with van der Waals surface area (Å²) >= 11 is 0. The maximum Gasteiger partial charge on any atom is 0.246 e. The Hall–Kier alpha value is -0.570. The van der Waals surface area contributed by atoms with Gasteiger partial charge in [0.05, 0.1) is 12.5 Å². The molecule has 1 radical (unpaired) electrons. The zero-order valence-corrected chi connectivity index (χ0v) is 7.75. The van der Waals surface area contributed by atoms with E-state index < -0.39 is 0 Å². The van der Waals surface area contributed by atoms with E-state index in [0.29, 0.717) is 19.1 Å². The number of rotatable bonds is 4. The van der Waals surface area contributed by atoms with Crippen molar-refractivity contribution in [1.29, 1.82) is 0 Å². The van der Waals surface area contributed by atoms with Gasteiger partial charge in [-0.15, -0.1) is 0 Å². The predicted octanol–water partition coefficient (Wildman–Crippen LogP) is 0.810. The summed E-state index contributed by atoms with van der Waals surface area (Å²) in [6.07, 6.45) is 0.872. The molecule has 1 saturated heterocycles. The molecule has 1 rings (SSSR count). The van der Waals surface area contributed by atoms with Crippen LogP contribution >= 0.6 is 0 Å². The molecule has 1 atom stereocenters. The van der Waals surface area contributed by atoms with Gasteiger partial charge in [-0.05, 0) is 12.3 Å². The topological polar surface area (TPSA) is 40.4 Å². The quantitative estimate of drug-likeness (QED) is 0.626. The minimum absolute atomic E-state index is 0.0266. The predicted molar refractivity (Wildman–Crippen MR) is 45.8 cm³/mol. The fourth-order valence-corrected chi connectivity index (χ4v) is 1.18. The summed E-state index contributed by atoms with van der Waals surface area (Å²) in [6, 6.07) is 0. The summed E-state index contributed by atoms with van der Waals surface area (Å²) in [4.78, 5) is 11.0. The molecule has 0 spiro atoms. The number of amides is 1. The molecule has 1 amide bonds. The first-order chi connectivity index (χ1) is 5.70. The second-order valence-corrected chi connectivity index (χ2v) is 3.64. The lowest BCUT2D eigenvalue weighted by molar-refractivity contribution is -0.124. The van der Waals surface area contributed by atoms with E-state index in [1.165, 1.54) is 0 Å². The highest BCUT2D eigenvalue weighted by Gasteiger charge is 2.25. The third-order valence-corrected chi connectivity index (χ3v) is 1.86. The van der Waals surface area contributed by atoms with E-state index in [1.807, 2.05) is 0 Å². The maximum absolute atomic E-state index is 11.0. The van der Waals surface area contributed by atoms with Gasteiger partial charge in [0.1, 0.15) is 0 Å². The maximum atomic E-state index is 11.0. The van der Waals surface area contributed by atoms with Gasteiger partial charge in [0.2, 0.25) is 5.91 Å². The number of ether oxygens (including phenoxy) is 1. The van der Waals surface area contributed by atoms with Crippen LogP contribution in [0.5, 0.6) is 0 Å². The van der Waals surface area contributed by atoms with Crippen molar-refractivity contribution in [2.24, 2.45) is 11.8 Å². The molecule has 0 aromatic heterocycles. The summed E-state index contributed by atoms with van der Waals surface area (Å²) in [7, 11) is 0. The van der Waals surface area contributed by atoms with Gasteiger partial charge in [0.25, 0.3) is 0 Å². The summed E-state index contributed by atoms with van der Waals surface area (Å²) in [5.74, 6) is 0.612. The van der Waals surface area contributed by atoms with Gasteiger partial charge < -0.3 is 4.74 Å². The Kier molecular flexibility index (Phi) is 3.53. The molecule has 0 N–H and O–H groups in total. The fourth-order valence-electron chi connectivity index (χ4n) is 1.18. The van der Waals surface area contributed by atoms with Crippen LogP contribution in [0.3, 0.4) is 0 Å². The van der Waals surface area contributed by atoms with Gasteiger partial charge in [-0.1, -0.05) is 13.8 Å². The second kappa shape index (κ2) is 4.45.